The first kappa shape index (κ1) is 21.2. The van der Waals surface area contributed by atoms with E-state index in [0.717, 1.165) is 0 Å². The fraction of sp³-hybridized carbons (Fsp3) is 0.273. The van der Waals surface area contributed by atoms with Crippen LogP contribution < -0.4 is 10.2 Å². The summed E-state index contributed by atoms with van der Waals surface area (Å²) < 4.78 is 19.2. The zero-order valence-electron chi connectivity index (χ0n) is 16.6. The van der Waals surface area contributed by atoms with Crippen molar-refractivity contribution in [1.82, 2.24) is 0 Å². The molecule has 2 atom stereocenters. The van der Waals surface area contributed by atoms with Gasteiger partial charge in [0, 0.05) is 18.5 Å². The van der Waals surface area contributed by atoms with E-state index in [1.807, 2.05) is 0 Å². The van der Waals surface area contributed by atoms with E-state index in [4.69, 9.17) is 4.74 Å². The Kier molecular flexibility index (Phi) is 6.25. The Labute approximate surface area is 172 Å². The summed E-state index contributed by atoms with van der Waals surface area (Å²) in [5.74, 6) is -3.30. The van der Waals surface area contributed by atoms with Gasteiger partial charge in [-0.05, 0) is 38.1 Å². The number of benzene rings is 2. The molecule has 2 amide bonds. The smallest absolute Gasteiger partial charge is 0.312 e. The molecule has 0 radical (unpaired) electrons. The van der Waals surface area contributed by atoms with Crippen LogP contribution in [0, 0.1) is 11.7 Å². The van der Waals surface area contributed by atoms with E-state index < -0.39 is 35.6 Å². The average molecular weight is 412 g/mol. The highest BCUT2D eigenvalue weighted by molar-refractivity contribution is 6.05. The second-order valence-electron chi connectivity index (χ2n) is 7.03. The van der Waals surface area contributed by atoms with E-state index in [1.165, 1.54) is 36.9 Å². The van der Waals surface area contributed by atoms with Crippen molar-refractivity contribution in [2.75, 3.05) is 16.8 Å². The number of ether oxygens (including phenoxy) is 1. The minimum Gasteiger partial charge on any atom is -0.452 e. The second kappa shape index (κ2) is 8.86. The number of carbonyl (C=O) groups is 4. The first-order valence-electron chi connectivity index (χ1n) is 9.44. The lowest BCUT2D eigenvalue weighted by molar-refractivity contribution is -0.157. The van der Waals surface area contributed by atoms with Crippen LogP contribution in [0.25, 0.3) is 0 Å². The Morgan fingerprint density at radius 2 is 1.80 bits per heavy atom. The molecule has 1 aliphatic heterocycles. The number of carbonyl (C=O) groups excluding carboxylic acids is 4. The van der Waals surface area contributed by atoms with Gasteiger partial charge in [-0.15, -0.1) is 0 Å². The molecule has 8 heteroatoms. The number of hydrogen-bond donors (Lipinski definition) is 1. The van der Waals surface area contributed by atoms with Gasteiger partial charge in [0.25, 0.3) is 5.91 Å². The van der Waals surface area contributed by atoms with Gasteiger partial charge in [0.15, 0.2) is 11.9 Å². The summed E-state index contributed by atoms with van der Waals surface area (Å²) in [6.07, 6.45) is -1.27. The molecule has 2 aromatic rings. The van der Waals surface area contributed by atoms with Gasteiger partial charge in [-0.25, -0.2) is 4.39 Å². The third-order valence-corrected chi connectivity index (χ3v) is 4.83. The van der Waals surface area contributed by atoms with Crippen molar-refractivity contribution in [2.45, 2.75) is 26.4 Å². The van der Waals surface area contributed by atoms with E-state index in [9.17, 15) is 23.6 Å². The number of amides is 2. The van der Waals surface area contributed by atoms with Crippen molar-refractivity contribution in [3.8, 4) is 0 Å². The third-order valence-electron chi connectivity index (χ3n) is 4.83. The number of para-hydroxylation sites is 2. The lowest BCUT2D eigenvalue weighted by Crippen LogP contribution is -2.33. The lowest BCUT2D eigenvalue weighted by atomic mass is 10.1. The minimum absolute atomic E-state index is 0.0277. The molecule has 0 saturated carbocycles. The van der Waals surface area contributed by atoms with Crippen molar-refractivity contribution in [2.24, 2.45) is 5.92 Å². The Morgan fingerprint density at radius 1 is 1.13 bits per heavy atom. The Bertz CT molecular complexity index is 1010. The van der Waals surface area contributed by atoms with Crippen LogP contribution in [-0.4, -0.2) is 36.2 Å². The highest BCUT2D eigenvalue weighted by Crippen LogP contribution is 2.28. The topological polar surface area (TPSA) is 92.8 Å². The summed E-state index contributed by atoms with van der Waals surface area (Å²) in [4.78, 5) is 50.0. The maximum Gasteiger partial charge on any atom is 0.312 e. The van der Waals surface area contributed by atoms with E-state index in [2.05, 4.69) is 5.32 Å². The predicted octanol–water partition coefficient (Wildman–Crippen LogP) is 2.95. The quantitative estimate of drug-likeness (QED) is 0.582. The molecular formula is C22H21FN2O5. The van der Waals surface area contributed by atoms with Crippen molar-refractivity contribution in [1.29, 1.82) is 0 Å². The number of nitrogens with one attached hydrogen (secondary N) is 1. The first-order chi connectivity index (χ1) is 14.3. The lowest BCUT2D eigenvalue weighted by Gasteiger charge is -2.18. The minimum atomic E-state index is -1.14. The van der Waals surface area contributed by atoms with Crippen LogP contribution in [0.3, 0.4) is 0 Å². The molecule has 3 rings (SSSR count). The maximum atomic E-state index is 14.0. The van der Waals surface area contributed by atoms with E-state index in [0.29, 0.717) is 11.3 Å². The fourth-order valence-electron chi connectivity index (χ4n) is 3.23. The largest absolute Gasteiger partial charge is 0.452 e. The molecule has 2 aromatic carbocycles. The van der Waals surface area contributed by atoms with Gasteiger partial charge in [-0.2, -0.15) is 0 Å². The van der Waals surface area contributed by atoms with Crippen LogP contribution in [0.2, 0.25) is 0 Å². The van der Waals surface area contributed by atoms with E-state index >= 15 is 0 Å². The SMILES string of the molecule is CC(=O)c1ccccc1NC(=O)[C@H](C)OC(=O)[C@H]1CC(=O)N(c2ccccc2F)C1. The van der Waals surface area contributed by atoms with Gasteiger partial charge in [0.05, 0.1) is 17.3 Å². The molecule has 1 saturated heterocycles. The zero-order valence-corrected chi connectivity index (χ0v) is 16.6. The summed E-state index contributed by atoms with van der Waals surface area (Å²) >= 11 is 0. The summed E-state index contributed by atoms with van der Waals surface area (Å²) in [6, 6.07) is 12.3. The highest BCUT2D eigenvalue weighted by Gasteiger charge is 2.38. The van der Waals surface area contributed by atoms with Crippen LogP contribution in [-0.2, 0) is 19.1 Å². The number of ketones is 1. The zero-order chi connectivity index (χ0) is 21.8. The summed E-state index contributed by atoms with van der Waals surface area (Å²) in [5, 5.41) is 2.57. The van der Waals surface area contributed by atoms with Crippen molar-refractivity contribution in [3.05, 3.63) is 59.9 Å². The monoisotopic (exact) mass is 412 g/mol. The molecule has 0 spiro atoms. The second-order valence-corrected chi connectivity index (χ2v) is 7.03. The van der Waals surface area contributed by atoms with Gasteiger partial charge >= 0.3 is 5.97 Å². The molecule has 156 valence electrons. The normalized spacial score (nSPS) is 16.8. The molecule has 0 aromatic heterocycles. The highest BCUT2D eigenvalue weighted by atomic mass is 19.1. The number of Topliss-reactive ketones (excluding diaryl/α,β-unsaturated/α-hetero) is 1. The summed E-state index contributed by atoms with van der Waals surface area (Å²) in [5.41, 5.74) is 0.760. The van der Waals surface area contributed by atoms with E-state index in [-0.39, 0.29) is 24.4 Å². The number of hydrogen-bond acceptors (Lipinski definition) is 5. The predicted molar refractivity (Wildman–Crippen MR) is 107 cm³/mol. The van der Waals surface area contributed by atoms with Gasteiger partial charge in [-0.1, -0.05) is 24.3 Å². The molecule has 1 heterocycles. The van der Waals surface area contributed by atoms with Gasteiger partial charge in [0.1, 0.15) is 5.82 Å². The molecule has 0 unspecified atom stereocenters. The first-order valence-corrected chi connectivity index (χ1v) is 9.44. The number of nitrogens with zero attached hydrogens (tertiary/aromatic N) is 1. The Balaban J connectivity index is 1.62. The summed E-state index contributed by atoms with van der Waals surface area (Å²) in [6.45, 7) is 2.75. The van der Waals surface area contributed by atoms with Crippen LogP contribution in [0.5, 0.6) is 0 Å². The molecule has 7 nitrogen and oxygen atoms in total. The van der Waals surface area contributed by atoms with Crippen LogP contribution in [0.4, 0.5) is 15.8 Å². The number of halogens is 1. The van der Waals surface area contributed by atoms with E-state index in [1.54, 1.807) is 30.3 Å². The Morgan fingerprint density at radius 3 is 2.50 bits per heavy atom. The Hall–Kier alpha value is -3.55. The van der Waals surface area contributed by atoms with Gasteiger partial charge in [0.2, 0.25) is 5.91 Å². The molecule has 0 aliphatic carbocycles. The molecular weight excluding hydrogens is 391 g/mol. The average Bonchev–Trinajstić information content (AvgIpc) is 3.10. The van der Waals surface area contributed by atoms with Crippen molar-refractivity contribution < 1.29 is 28.3 Å². The molecule has 1 N–H and O–H groups in total. The van der Waals surface area contributed by atoms with Crippen LogP contribution in [0.1, 0.15) is 30.6 Å². The molecule has 1 fully saturated rings. The molecule has 0 bridgehead atoms. The van der Waals surface area contributed by atoms with Crippen LogP contribution >= 0.6 is 0 Å². The maximum absolute atomic E-state index is 14.0. The number of anilines is 2. The van der Waals surface area contributed by atoms with Crippen molar-refractivity contribution in [3.63, 3.8) is 0 Å². The van der Waals surface area contributed by atoms with Crippen LogP contribution in [0.15, 0.2) is 48.5 Å². The number of esters is 1. The molecule has 1 aliphatic rings. The number of rotatable bonds is 6. The van der Waals surface area contributed by atoms with Gasteiger partial charge < -0.3 is 15.0 Å². The van der Waals surface area contributed by atoms with Gasteiger partial charge in [-0.3, -0.25) is 19.2 Å². The standard InChI is InChI=1S/C22H21FN2O5/c1-13(26)16-7-3-5-9-18(16)24-21(28)14(2)30-22(29)15-11-20(27)25(12-15)19-10-6-4-8-17(19)23/h3-10,14-15H,11-12H2,1-2H3,(H,24,28)/t14-,15-/m0/s1. The summed E-state index contributed by atoms with van der Waals surface area (Å²) in [7, 11) is 0. The fourth-order valence-corrected chi connectivity index (χ4v) is 3.23. The third kappa shape index (κ3) is 4.53. The van der Waals surface area contributed by atoms with Crippen molar-refractivity contribution >= 4 is 34.9 Å². The molecule has 30 heavy (non-hydrogen) atoms.